The van der Waals surface area contributed by atoms with Crippen LogP contribution in [-0.2, 0) is 14.3 Å². The normalized spacial score (nSPS) is 20.2. The Balaban J connectivity index is 2.71. The minimum atomic E-state index is -6.57. The second-order valence-corrected chi connectivity index (χ2v) is 7.63. The van der Waals surface area contributed by atoms with Crippen molar-refractivity contribution in [2.45, 2.75) is 55.8 Å². The van der Waals surface area contributed by atoms with E-state index in [0.29, 0.717) is 6.07 Å². The van der Waals surface area contributed by atoms with Crippen LogP contribution < -0.4 is 4.74 Å². The van der Waals surface area contributed by atoms with E-state index in [-0.39, 0.29) is 0 Å². The Morgan fingerprint density at radius 2 is 1.54 bits per heavy atom. The first-order valence-electron chi connectivity index (χ1n) is 8.95. The number of nitriles is 1. The molecule has 1 N–H and O–H groups in total. The van der Waals surface area contributed by atoms with Crippen molar-refractivity contribution < 1.29 is 68.2 Å². The van der Waals surface area contributed by atoms with Crippen molar-refractivity contribution in [2.24, 2.45) is 0 Å². The van der Waals surface area contributed by atoms with E-state index in [9.17, 15) is 58.7 Å². The molecule has 0 bridgehead atoms. The molecule has 2 atom stereocenters. The van der Waals surface area contributed by atoms with Crippen molar-refractivity contribution in [1.82, 2.24) is 5.06 Å². The van der Waals surface area contributed by atoms with Crippen LogP contribution in [0.25, 0.3) is 0 Å². The maximum Gasteiger partial charge on any atom is 0.465 e. The van der Waals surface area contributed by atoms with E-state index >= 15 is 0 Å². The Morgan fingerprint density at radius 1 is 1.03 bits per heavy atom. The number of esters is 1. The zero-order valence-electron chi connectivity index (χ0n) is 17.1. The molecule has 0 aromatic heterocycles. The van der Waals surface area contributed by atoms with Gasteiger partial charge in [0.15, 0.2) is 6.10 Å². The zero-order valence-corrected chi connectivity index (χ0v) is 17.1. The van der Waals surface area contributed by atoms with Crippen LogP contribution in [0.5, 0.6) is 5.75 Å². The lowest BCUT2D eigenvalue weighted by atomic mass is 9.85. The van der Waals surface area contributed by atoms with E-state index < -0.39 is 75.8 Å². The summed E-state index contributed by atoms with van der Waals surface area (Å²) >= 11 is 0. The Bertz CT molecular complexity index is 1060. The van der Waals surface area contributed by atoms with Crippen molar-refractivity contribution in [3.63, 3.8) is 0 Å². The Kier molecular flexibility index (Phi) is 6.73. The third-order valence-electron chi connectivity index (χ3n) is 4.75. The molecule has 35 heavy (non-hydrogen) atoms. The lowest BCUT2D eigenvalue weighted by molar-refractivity contribution is -0.299. The van der Waals surface area contributed by atoms with E-state index in [1.807, 2.05) is 0 Å². The fraction of sp³-hybridized carbons (Fsp3) is 0.500. The maximum atomic E-state index is 13.6. The second kappa shape index (κ2) is 8.43. The van der Waals surface area contributed by atoms with Gasteiger partial charge in [-0.15, -0.1) is 0 Å². The summed E-state index contributed by atoms with van der Waals surface area (Å²) < 4.78 is 139. The van der Waals surface area contributed by atoms with E-state index in [1.54, 1.807) is 0 Å². The van der Waals surface area contributed by atoms with Crippen LogP contribution in [0.4, 0.5) is 43.9 Å². The standard InChI is InChI=1S/C18H12F10N2O5/c1-14(2)11(34-13(32)16(21,22)18(26,27)28)10(8-5-7(6-29)3-4-9(8)35-14)30(33)12(31)15(19,20)17(23,24)25/h3-5,10-11,33H,1-2H3/t10-,11+/m0/s1. The predicted octanol–water partition coefficient (Wildman–Crippen LogP) is 4.30. The van der Waals surface area contributed by atoms with Crippen LogP contribution in [0.2, 0.25) is 0 Å². The third kappa shape index (κ3) is 4.79. The van der Waals surface area contributed by atoms with Crippen molar-refractivity contribution >= 4 is 11.9 Å². The lowest BCUT2D eigenvalue weighted by Crippen LogP contribution is -2.60. The molecule has 0 radical (unpaired) electrons. The van der Waals surface area contributed by atoms with Gasteiger partial charge in [0.2, 0.25) is 0 Å². The summed E-state index contributed by atoms with van der Waals surface area (Å²) in [5, 5.41) is 17.8. The molecule has 0 spiro atoms. The van der Waals surface area contributed by atoms with Gasteiger partial charge in [0.25, 0.3) is 0 Å². The number of fused-ring (bicyclic) bond motifs is 1. The highest BCUT2D eigenvalue weighted by molar-refractivity contribution is 5.84. The van der Waals surface area contributed by atoms with Gasteiger partial charge in [0, 0.05) is 5.56 Å². The molecular formula is C18H12F10N2O5. The zero-order chi connectivity index (χ0) is 27.4. The fourth-order valence-electron chi connectivity index (χ4n) is 2.99. The quantitative estimate of drug-likeness (QED) is 0.272. The number of carbonyl (C=O) groups excluding carboxylic acids is 2. The first-order valence-corrected chi connectivity index (χ1v) is 8.95. The van der Waals surface area contributed by atoms with Gasteiger partial charge in [-0.3, -0.25) is 10.0 Å². The summed E-state index contributed by atoms with van der Waals surface area (Å²) in [6, 6.07) is 1.31. The summed E-state index contributed by atoms with van der Waals surface area (Å²) in [7, 11) is 0. The fourth-order valence-corrected chi connectivity index (χ4v) is 2.99. The van der Waals surface area contributed by atoms with E-state index in [2.05, 4.69) is 4.74 Å². The van der Waals surface area contributed by atoms with Gasteiger partial charge in [-0.2, -0.15) is 49.2 Å². The number of carbonyl (C=O) groups is 2. The smallest absolute Gasteiger partial charge is 0.465 e. The van der Waals surface area contributed by atoms with Gasteiger partial charge in [0.05, 0.1) is 11.6 Å². The van der Waals surface area contributed by atoms with Crippen LogP contribution in [0.15, 0.2) is 18.2 Å². The first kappa shape index (κ1) is 28.0. The van der Waals surface area contributed by atoms with Gasteiger partial charge in [-0.05, 0) is 32.0 Å². The summed E-state index contributed by atoms with van der Waals surface area (Å²) in [6.07, 6.45) is -15.8. The number of hydrogen-bond acceptors (Lipinski definition) is 6. The van der Waals surface area contributed by atoms with Crippen LogP contribution in [0, 0.1) is 11.3 Å². The molecule has 0 fully saturated rings. The molecule has 0 unspecified atom stereocenters. The average Bonchev–Trinajstić information content (AvgIpc) is 2.70. The molecule has 17 heteroatoms. The molecule has 7 nitrogen and oxygen atoms in total. The molecule has 1 amide bonds. The van der Waals surface area contributed by atoms with Crippen LogP contribution in [0.3, 0.4) is 0 Å². The molecular weight excluding hydrogens is 514 g/mol. The second-order valence-electron chi connectivity index (χ2n) is 7.63. The van der Waals surface area contributed by atoms with Gasteiger partial charge >= 0.3 is 36.1 Å². The molecule has 2 rings (SSSR count). The molecule has 1 aliphatic rings. The molecule has 1 aliphatic heterocycles. The third-order valence-corrected chi connectivity index (χ3v) is 4.75. The summed E-state index contributed by atoms with van der Waals surface area (Å²) in [4.78, 5) is 23.6. The summed E-state index contributed by atoms with van der Waals surface area (Å²) in [5.41, 5.74) is -3.52. The molecule has 0 aliphatic carbocycles. The lowest BCUT2D eigenvalue weighted by Gasteiger charge is -2.46. The van der Waals surface area contributed by atoms with Crippen LogP contribution >= 0.6 is 0 Å². The molecule has 1 aromatic carbocycles. The monoisotopic (exact) mass is 526 g/mol. The number of hydroxylamine groups is 2. The Hall–Kier alpha value is -3.29. The van der Waals surface area contributed by atoms with Crippen molar-refractivity contribution in [1.29, 1.82) is 5.26 Å². The first-order chi connectivity index (χ1) is 15.6. The minimum Gasteiger partial charge on any atom is -0.484 e. The Morgan fingerprint density at radius 3 is 2.00 bits per heavy atom. The van der Waals surface area contributed by atoms with Gasteiger partial charge in [0.1, 0.15) is 17.4 Å². The number of hydrogen-bond donors (Lipinski definition) is 1. The van der Waals surface area contributed by atoms with Crippen molar-refractivity contribution in [3.05, 3.63) is 29.3 Å². The van der Waals surface area contributed by atoms with Crippen molar-refractivity contribution in [2.75, 3.05) is 0 Å². The average molecular weight is 526 g/mol. The summed E-state index contributed by atoms with van der Waals surface area (Å²) in [6.45, 7) is 1.65. The van der Waals surface area contributed by atoms with Crippen molar-refractivity contribution in [3.8, 4) is 11.8 Å². The maximum absolute atomic E-state index is 13.6. The number of amides is 1. The number of nitrogens with zero attached hydrogens (tertiary/aromatic N) is 2. The number of rotatable bonds is 4. The number of benzene rings is 1. The molecule has 0 saturated carbocycles. The van der Waals surface area contributed by atoms with Gasteiger partial charge in [-0.25, -0.2) is 9.86 Å². The predicted molar refractivity (Wildman–Crippen MR) is 89.1 cm³/mol. The number of alkyl halides is 10. The molecule has 0 saturated heterocycles. The SMILES string of the molecule is CC1(C)Oc2ccc(C#N)cc2[C@H](N(O)C(=O)C(F)(F)C(F)(F)F)[C@H]1OC(=O)C(F)(F)C(F)(F)F. The minimum absolute atomic E-state index is 0.397. The largest absolute Gasteiger partial charge is 0.484 e. The summed E-state index contributed by atoms with van der Waals surface area (Å²) in [5.74, 6) is -19.7. The number of halogens is 10. The van der Waals surface area contributed by atoms with E-state index in [0.717, 1.165) is 26.0 Å². The highest BCUT2D eigenvalue weighted by Crippen LogP contribution is 2.47. The van der Waals surface area contributed by atoms with Gasteiger partial charge in [-0.1, -0.05) is 0 Å². The highest BCUT2D eigenvalue weighted by Gasteiger charge is 2.68. The van der Waals surface area contributed by atoms with E-state index in [1.165, 1.54) is 6.07 Å². The van der Waals surface area contributed by atoms with E-state index in [4.69, 9.17) is 10.00 Å². The Labute approximate surface area is 188 Å². The molecule has 1 aromatic rings. The van der Waals surface area contributed by atoms with Crippen LogP contribution in [-0.4, -0.2) is 58.0 Å². The topological polar surface area (TPSA) is 99.9 Å². The van der Waals surface area contributed by atoms with Crippen LogP contribution in [0.1, 0.15) is 31.0 Å². The molecule has 194 valence electrons. The van der Waals surface area contributed by atoms with Gasteiger partial charge < -0.3 is 9.47 Å². The highest BCUT2D eigenvalue weighted by atomic mass is 19.4. The molecule has 1 heterocycles. The number of ether oxygens (including phenoxy) is 2.